The Morgan fingerprint density at radius 2 is 1.61 bits per heavy atom. The average Bonchev–Trinajstić information content (AvgIpc) is 2.55. The highest BCUT2D eigenvalue weighted by Crippen LogP contribution is 2.14. The van der Waals surface area contributed by atoms with Gasteiger partial charge in [0.2, 0.25) is 0 Å². The van der Waals surface area contributed by atoms with Gasteiger partial charge in [-0.3, -0.25) is 9.59 Å². The second-order valence-electron chi connectivity index (χ2n) is 4.93. The van der Waals surface area contributed by atoms with Crippen molar-refractivity contribution in [3.8, 4) is 0 Å². The average molecular weight is 318 g/mol. The summed E-state index contributed by atoms with van der Waals surface area (Å²) < 4.78 is 26.2. The molecule has 4 nitrogen and oxygen atoms in total. The standard InChI is InChI=1S/C17H16F2N2O2/c1-2-11-3-5-12(6-4-11)10-20-16(22)17(23)21-15-8-7-13(18)9-14(15)19/h3-9H,2,10H2,1H3,(H,20,22)(H,21,23). The maximum Gasteiger partial charge on any atom is 0.313 e. The van der Waals surface area contributed by atoms with E-state index in [0.717, 1.165) is 24.1 Å². The molecule has 2 aromatic carbocycles. The summed E-state index contributed by atoms with van der Waals surface area (Å²) in [4.78, 5) is 23.4. The van der Waals surface area contributed by atoms with Gasteiger partial charge in [-0.15, -0.1) is 0 Å². The molecule has 0 saturated heterocycles. The highest BCUT2D eigenvalue weighted by atomic mass is 19.1. The van der Waals surface area contributed by atoms with Crippen LogP contribution < -0.4 is 10.6 Å². The zero-order valence-corrected chi connectivity index (χ0v) is 12.5. The molecule has 2 rings (SSSR count). The lowest BCUT2D eigenvalue weighted by Gasteiger charge is -2.08. The molecule has 23 heavy (non-hydrogen) atoms. The molecule has 2 amide bonds. The molecular formula is C17H16F2N2O2. The SMILES string of the molecule is CCc1ccc(CNC(=O)C(=O)Nc2ccc(F)cc2F)cc1. The van der Waals surface area contributed by atoms with Crippen LogP contribution in [0.3, 0.4) is 0 Å². The molecule has 2 N–H and O–H groups in total. The van der Waals surface area contributed by atoms with Gasteiger partial charge in [-0.1, -0.05) is 31.2 Å². The van der Waals surface area contributed by atoms with E-state index < -0.39 is 23.4 Å². The van der Waals surface area contributed by atoms with Crippen LogP contribution >= 0.6 is 0 Å². The maximum atomic E-state index is 13.4. The molecule has 0 bridgehead atoms. The van der Waals surface area contributed by atoms with Gasteiger partial charge < -0.3 is 10.6 Å². The molecule has 6 heteroatoms. The van der Waals surface area contributed by atoms with E-state index in [1.54, 1.807) is 0 Å². The highest BCUT2D eigenvalue weighted by molar-refractivity contribution is 6.39. The fraction of sp³-hybridized carbons (Fsp3) is 0.176. The number of benzene rings is 2. The third-order valence-corrected chi connectivity index (χ3v) is 3.27. The Morgan fingerprint density at radius 3 is 2.22 bits per heavy atom. The Hall–Kier alpha value is -2.76. The Labute approximate surface area is 132 Å². The molecule has 0 heterocycles. The van der Waals surface area contributed by atoms with E-state index in [1.807, 2.05) is 31.2 Å². The number of carbonyl (C=O) groups is 2. The Kier molecular flexibility index (Phi) is 5.41. The molecule has 0 spiro atoms. The second kappa shape index (κ2) is 7.49. The van der Waals surface area contributed by atoms with Gasteiger partial charge in [0.05, 0.1) is 5.69 Å². The second-order valence-corrected chi connectivity index (χ2v) is 4.93. The zero-order chi connectivity index (χ0) is 16.8. The first-order valence-corrected chi connectivity index (χ1v) is 7.11. The van der Waals surface area contributed by atoms with Crippen LogP contribution in [0.25, 0.3) is 0 Å². The number of halogens is 2. The van der Waals surface area contributed by atoms with Crippen molar-refractivity contribution in [1.82, 2.24) is 5.32 Å². The molecule has 0 aliphatic carbocycles. The van der Waals surface area contributed by atoms with Crippen LogP contribution in [-0.2, 0) is 22.6 Å². The Morgan fingerprint density at radius 1 is 0.957 bits per heavy atom. The van der Waals surface area contributed by atoms with Crippen molar-refractivity contribution in [2.24, 2.45) is 0 Å². The first-order chi connectivity index (χ1) is 11.0. The van der Waals surface area contributed by atoms with Crippen LogP contribution in [0.1, 0.15) is 18.1 Å². The van der Waals surface area contributed by atoms with Crippen LogP contribution in [-0.4, -0.2) is 11.8 Å². The molecule has 0 unspecified atom stereocenters. The quantitative estimate of drug-likeness (QED) is 0.852. The Balaban J connectivity index is 1.90. The number of carbonyl (C=O) groups excluding carboxylic acids is 2. The molecule has 0 radical (unpaired) electrons. The molecule has 120 valence electrons. The number of nitrogens with one attached hydrogen (secondary N) is 2. The van der Waals surface area contributed by atoms with Crippen LogP contribution in [0.4, 0.5) is 14.5 Å². The summed E-state index contributed by atoms with van der Waals surface area (Å²) >= 11 is 0. The van der Waals surface area contributed by atoms with Crippen molar-refractivity contribution < 1.29 is 18.4 Å². The van der Waals surface area contributed by atoms with Gasteiger partial charge in [-0.05, 0) is 29.7 Å². The van der Waals surface area contributed by atoms with E-state index >= 15 is 0 Å². The van der Waals surface area contributed by atoms with Crippen molar-refractivity contribution in [2.45, 2.75) is 19.9 Å². The van der Waals surface area contributed by atoms with Crippen molar-refractivity contribution in [3.63, 3.8) is 0 Å². The molecule has 0 aliphatic heterocycles. The summed E-state index contributed by atoms with van der Waals surface area (Å²) in [5, 5.41) is 4.54. The topological polar surface area (TPSA) is 58.2 Å². The van der Waals surface area contributed by atoms with E-state index in [4.69, 9.17) is 0 Å². The largest absolute Gasteiger partial charge is 0.344 e. The van der Waals surface area contributed by atoms with Crippen molar-refractivity contribution >= 4 is 17.5 Å². The van der Waals surface area contributed by atoms with Gasteiger partial charge in [-0.25, -0.2) is 8.78 Å². The minimum atomic E-state index is -1.01. The lowest BCUT2D eigenvalue weighted by Crippen LogP contribution is -2.35. The zero-order valence-electron chi connectivity index (χ0n) is 12.5. The summed E-state index contributed by atoms with van der Waals surface area (Å²) in [7, 11) is 0. The lowest BCUT2D eigenvalue weighted by molar-refractivity contribution is -0.136. The number of hydrogen-bond donors (Lipinski definition) is 2. The minimum absolute atomic E-state index is 0.183. The fourth-order valence-electron chi connectivity index (χ4n) is 1.93. The van der Waals surface area contributed by atoms with Gasteiger partial charge in [0.1, 0.15) is 11.6 Å². The Bertz CT molecular complexity index is 715. The van der Waals surface area contributed by atoms with Gasteiger partial charge >= 0.3 is 11.8 Å². The number of hydrogen-bond acceptors (Lipinski definition) is 2. The van der Waals surface area contributed by atoms with Crippen LogP contribution in [0.5, 0.6) is 0 Å². The van der Waals surface area contributed by atoms with E-state index in [1.165, 1.54) is 5.56 Å². The summed E-state index contributed by atoms with van der Waals surface area (Å²) in [5.41, 5.74) is 1.76. The summed E-state index contributed by atoms with van der Waals surface area (Å²) in [6.07, 6.45) is 0.915. The van der Waals surface area contributed by atoms with Gasteiger partial charge in [0.15, 0.2) is 0 Å². The van der Waals surface area contributed by atoms with E-state index in [2.05, 4.69) is 10.6 Å². The molecule has 0 atom stereocenters. The van der Waals surface area contributed by atoms with Crippen molar-refractivity contribution in [2.75, 3.05) is 5.32 Å². The molecule has 2 aromatic rings. The van der Waals surface area contributed by atoms with Crippen LogP contribution in [0.15, 0.2) is 42.5 Å². The minimum Gasteiger partial charge on any atom is -0.344 e. The maximum absolute atomic E-state index is 13.4. The van der Waals surface area contributed by atoms with E-state index in [0.29, 0.717) is 6.07 Å². The third kappa shape index (κ3) is 4.60. The predicted molar refractivity (Wildman–Crippen MR) is 82.7 cm³/mol. The molecule has 0 aromatic heterocycles. The molecular weight excluding hydrogens is 302 g/mol. The van der Waals surface area contributed by atoms with E-state index in [9.17, 15) is 18.4 Å². The highest BCUT2D eigenvalue weighted by Gasteiger charge is 2.15. The number of aryl methyl sites for hydroxylation is 1. The summed E-state index contributed by atoms with van der Waals surface area (Å²) in [5.74, 6) is -3.62. The monoisotopic (exact) mass is 318 g/mol. The first kappa shape index (κ1) is 16.6. The first-order valence-electron chi connectivity index (χ1n) is 7.11. The summed E-state index contributed by atoms with van der Waals surface area (Å²) in [6, 6.07) is 10.3. The third-order valence-electron chi connectivity index (χ3n) is 3.27. The molecule has 0 aliphatic rings. The predicted octanol–water partition coefficient (Wildman–Crippen LogP) is 2.78. The number of rotatable bonds is 4. The van der Waals surface area contributed by atoms with Crippen molar-refractivity contribution in [3.05, 3.63) is 65.2 Å². The van der Waals surface area contributed by atoms with Gasteiger partial charge in [-0.2, -0.15) is 0 Å². The van der Waals surface area contributed by atoms with Crippen LogP contribution in [0.2, 0.25) is 0 Å². The molecule has 0 fully saturated rings. The van der Waals surface area contributed by atoms with Crippen molar-refractivity contribution in [1.29, 1.82) is 0 Å². The summed E-state index contributed by atoms with van der Waals surface area (Å²) in [6.45, 7) is 2.22. The fourth-order valence-corrected chi connectivity index (χ4v) is 1.93. The van der Waals surface area contributed by atoms with Gasteiger partial charge in [0.25, 0.3) is 0 Å². The van der Waals surface area contributed by atoms with E-state index in [-0.39, 0.29) is 12.2 Å². The number of anilines is 1. The smallest absolute Gasteiger partial charge is 0.313 e. The molecule has 0 saturated carbocycles. The normalized spacial score (nSPS) is 10.2. The number of amides is 2. The van der Waals surface area contributed by atoms with Crippen LogP contribution in [0, 0.1) is 11.6 Å². The van der Waals surface area contributed by atoms with Gasteiger partial charge in [0, 0.05) is 12.6 Å². The lowest BCUT2D eigenvalue weighted by atomic mass is 10.1.